The van der Waals surface area contributed by atoms with E-state index in [1.165, 1.54) is 7.11 Å². The fourth-order valence-electron chi connectivity index (χ4n) is 1.19. The highest BCUT2D eigenvalue weighted by Crippen LogP contribution is 2.02. The Labute approximate surface area is 90.0 Å². The van der Waals surface area contributed by atoms with Crippen LogP contribution in [-0.2, 0) is 9.53 Å². The van der Waals surface area contributed by atoms with E-state index in [4.69, 9.17) is 15.1 Å². The van der Waals surface area contributed by atoms with Gasteiger partial charge >= 0.3 is 0 Å². The zero-order chi connectivity index (χ0) is 11.7. The molecule has 2 N–H and O–H groups in total. The molecule has 0 fully saturated rings. The van der Waals surface area contributed by atoms with Crippen LogP contribution in [-0.4, -0.2) is 37.4 Å². The van der Waals surface area contributed by atoms with Gasteiger partial charge in [0.25, 0.3) is 0 Å². The van der Waals surface area contributed by atoms with Crippen LogP contribution in [0.4, 0.5) is 0 Å². The van der Waals surface area contributed by atoms with Crippen LogP contribution in [0.1, 0.15) is 19.8 Å². The Balaban J connectivity index is 4.15. The predicted molar refractivity (Wildman–Crippen MR) is 54.9 cm³/mol. The van der Waals surface area contributed by atoms with Crippen molar-refractivity contribution in [3.8, 4) is 6.07 Å². The molecule has 0 radical (unpaired) electrons. The summed E-state index contributed by atoms with van der Waals surface area (Å²) in [5, 5.41) is 20.1. The van der Waals surface area contributed by atoms with Gasteiger partial charge in [0.2, 0.25) is 5.91 Å². The minimum atomic E-state index is -0.622. The van der Waals surface area contributed by atoms with Crippen molar-refractivity contribution >= 4 is 5.91 Å². The number of carbonyl (C=O) groups is 1. The molecule has 0 saturated carbocycles. The lowest BCUT2D eigenvalue weighted by Crippen LogP contribution is -2.41. The van der Waals surface area contributed by atoms with Crippen LogP contribution in [0.15, 0.2) is 0 Å². The van der Waals surface area contributed by atoms with Crippen molar-refractivity contribution in [2.24, 2.45) is 5.92 Å². The van der Waals surface area contributed by atoms with Crippen molar-refractivity contribution in [1.29, 1.82) is 5.26 Å². The summed E-state index contributed by atoms with van der Waals surface area (Å²) in [6.45, 7) is 2.11. The molecule has 0 aliphatic heterocycles. The van der Waals surface area contributed by atoms with Gasteiger partial charge in [-0.3, -0.25) is 4.79 Å². The molecule has 0 rings (SSSR count). The van der Waals surface area contributed by atoms with Gasteiger partial charge in [0.05, 0.1) is 18.7 Å². The number of nitriles is 1. The summed E-state index contributed by atoms with van der Waals surface area (Å²) in [6, 6.07) is 1.70. The van der Waals surface area contributed by atoms with Crippen LogP contribution < -0.4 is 5.32 Å². The Morgan fingerprint density at radius 2 is 2.33 bits per heavy atom. The number of hydrogen-bond acceptors (Lipinski definition) is 4. The molecule has 0 aromatic heterocycles. The SMILES string of the molecule is CCC(C#N)C(=O)NC(CCO)COC. The average Bonchev–Trinajstić information content (AvgIpc) is 2.20. The van der Waals surface area contributed by atoms with E-state index < -0.39 is 5.92 Å². The summed E-state index contributed by atoms with van der Waals surface area (Å²) in [5.41, 5.74) is 0. The minimum absolute atomic E-state index is 0.0162. The summed E-state index contributed by atoms with van der Waals surface area (Å²) in [7, 11) is 1.53. The zero-order valence-corrected chi connectivity index (χ0v) is 9.19. The molecule has 0 aromatic rings. The topological polar surface area (TPSA) is 82.4 Å². The van der Waals surface area contributed by atoms with Gasteiger partial charge in [-0.2, -0.15) is 5.26 Å². The molecule has 0 aromatic carbocycles. The zero-order valence-electron chi connectivity index (χ0n) is 9.19. The number of ether oxygens (including phenoxy) is 1. The van der Waals surface area contributed by atoms with Gasteiger partial charge < -0.3 is 15.2 Å². The van der Waals surface area contributed by atoms with Crippen LogP contribution in [0.25, 0.3) is 0 Å². The molecular formula is C10H18N2O3. The third kappa shape index (κ3) is 5.35. The summed E-state index contributed by atoms with van der Waals surface area (Å²) in [4.78, 5) is 11.5. The highest BCUT2D eigenvalue weighted by molar-refractivity contribution is 5.81. The first kappa shape index (κ1) is 13.9. The highest BCUT2D eigenvalue weighted by atomic mass is 16.5. The number of rotatable bonds is 7. The van der Waals surface area contributed by atoms with Gasteiger partial charge in [0, 0.05) is 13.7 Å². The van der Waals surface area contributed by atoms with E-state index in [1.54, 1.807) is 6.92 Å². The summed E-state index contributed by atoms with van der Waals surface area (Å²) >= 11 is 0. The Kier molecular flexibility index (Phi) is 7.60. The van der Waals surface area contributed by atoms with Gasteiger partial charge in [0.15, 0.2) is 0 Å². The number of nitrogens with one attached hydrogen (secondary N) is 1. The molecule has 0 aliphatic carbocycles. The van der Waals surface area contributed by atoms with Crippen LogP contribution in [0, 0.1) is 17.2 Å². The van der Waals surface area contributed by atoms with Crippen LogP contribution in [0.2, 0.25) is 0 Å². The molecule has 86 valence electrons. The van der Waals surface area contributed by atoms with E-state index in [1.807, 2.05) is 6.07 Å². The van der Waals surface area contributed by atoms with Gasteiger partial charge in [-0.1, -0.05) is 6.92 Å². The standard InChI is InChI=1S/C10H18N2O3/c1-3-8(6-11)10(14)12-9(4-5-13)7-15-2/h8-9,13H,3-5,7H2,1-2H3,(H,12,14). The van der Waals surface area contributed by atoms with E-state index in [-0.39, 0.29) is 18.6 Å². The van der Waals surface area contributed by atoms with Crippen molar-refractivity contribution in [3.05, 3.63) is 0 Å². The number of aliphatic hydroxyl groups excluding tert-OH is 1. The molecule has 0 heterocycles. The fraction of sp³-hybridized carbons (Fsp3) is 0.800. The maximum atomic E-state index is 11.5. The Hall–Kier alpha value is -1.12. The summed E-state index contributed by atoms with van der Waals surface area (Å²) in [6.07, 6.45) is 0.919. The number of hydrogen-bond donors (Lipinski definition) is 2. The molecule has 0 spiro atoms. The molecule has 5 nitrogen and oxygen atoms in total. The second kappa shape index (κ2) is 8.21. The average molecular weight is 214 g/mol. The minimum Gasteiger partial charge on any atom is -0.396 e. The number of carbonyl (C=O) groups excluding carboxylic acids is 1. The van der Waals surface area contributed by atoms with Crippen molar-refractivity contribution in [1.82, 2.24) is 5.32 Å². The van der Waals surface area contributed by atoms with Crippen molar-refractivity contribution in [2.45, 2.75) is 25.8 Å². The lowest BCUT2D eigenvalue weighted by molar-refractivity contribution is -0.124. The first-order chi connectivity index (χ1) is 7.19. The Morgan fingerprint density at radius 1 is 1.67 bits per heavy atom. The Bertz CT molecular complexity index is 219. The molecule has 5 heteroatoms. The van der Waals surface area contributed by atoms with Crippen molar-refractivity contribution < 1.29 is 14.6 Å². The molecule has 15 heavy (non-hydrogen) atoms. The van der Waals surface area contributed by atoms with Crippen molar-refractivity contribution in [3.63, 3.8) is 0 Å². The largest absolute Gasteiger partial charge is 0.396 e. The summed E-state index contributed by atoms with van der Waals surface area (Å²) in [5.74, 6) is -0.918. The second-order valence-corrected chi connectivity index (χ2v) is 3.26. The Morgan fingerprint density at radius 3 is 2.73 bits per heavy atom. The fourth-order valence-corrected chi connectivity index (χ4v) is 1.19. The van der Waals surface area contributed by atoms with E-state index in [2.05, 4.69) is 5.32 Å². The van der Waals surface area contributed by atoms with E-state index in [0.29, 0.717) is 19.4 Å². The first-order valence-corrected chi connectivity index (χ1v) is 4.99. The number of aliphatic hydroxyl groups is 1. The second-order valence-electron chi connectivity index (χ2n) is 3.26. The molecule has 1 amide bonds. The molecule has 2 atom stereocenters. The van der Waals surface area contributed by atoms with Crippen LogP contribution >= 0.6 is 0 Å². The lowest BCUT2D eigenvalue weighted by atomic mass is 10.1. The molecule has 2 unspecified atom stereocenters. The van der Waals surface area contributed by atoms with Gasteiger partial charge in [-0.15, -0.1) is 0 Å². The first-order valence-electron chi connectivity index (χ1n) is 4.99. The molecular weight excluding hydrogens is 196 g/mol. The smallest absolute Gasteiger partial charge is 0.237 e. The van der Waals surface area contributed by atoms with E-state index in [9.17, 15) is 4.79 Å². The highest BCUT2D eigenvalue weighted by Gasteiger charge is 2.19. The maximum Gasteiger partial charge on any atom is 0.237 e. The van der Waals surface area contributed by atoms with Gasteiger partial charge in [0.1, 0.15) is 5.92 Å². The third-order valence-electron chi connectivity index (χ3n) is 2.07. The number of amides is 1. The van der Waals surface area contributed by atoms with E-state index >= 15 is 0 Å². The normalized spacial score (nSPS) is 14.0. The molecule has 0 bridgehead atoms. The molecule has 0 saturated heterocycles. The van der Waals surface area contributed by atoms with Crippen molar-refractivity contribution in [2.75, 3.05) is 20.3 Å². The van der Waals surface area contributed by atoms with Crippen LogP contribution in [0.5, 0.6) is 0 Å². The monoisotopic (exact) mass is 214 g/mol. The predicted octanol–water partition coefficient (Wildman–Crippen LogP) is 0.0498. The molecule has 0 aliphatic rings. The van der Waals surface area contributed by atoms with E-state index in [0.717, 1.165) is 0 Å². The lowest BCUT2D eigenvalue weighted by Gasteiger charge is -2.18. The number of methoxy groups -OCH3 is 1. The quantitative estimate of drug-likeness (QED) is 0.627. The summed E-state index contributed by atoms with van der Waals surface area (Å²) < 4.78 is 4.90. The van der Waals surface area contributed by atoms with Gasteiger partial charge in [-0.05, 0) is 12.8 Å². The van der Waals surface area contributed by atoms with Crippen LogP contribution in [0.3, 0.4) is 0 Å². The number of nitrogens with zero attached hydrogens (tertiary/aromatic N) is 1. The van der Waals surface area contributed by atoms with Gasteiger partial charge in [-0.25, -0.2) is 0 Å². The maximum absolute atomic E-state index is 11.5. The third-order valence-corrected chi connectivity index (χ3v) is 2.07.